The van der Waals surface area contributed by atoms with Gasteiger partial charge >= 0.3 is 5.97 Å². The fraction of sp³-hybridized carbons (Fsp3) is 0.514. The van der Waals surface area contributed by atoms with E-state index in [1.165, 1.54) is 49.3 Å². The summed E-state index contributed by atoms with van der Waals surface area (Å²) in [7, 11) is 0. The van der Waals surface area contributed by atoms with Crippen LogP contribution in [0.25, 0.3) is 0 Å². The van der Waals surface area contributed by atoms with Gasteiger partial charge in [0.1, 0.15) is 13.2 Å². The standard InChI is InChI=1S/C35H48N2O4/c1-7-9-10-11-12-13-14-24-41-37-31(27-17-20-29-30(25-27)35(5,6)22-21-34(29,3)4)32(38)36-28-18-15-26(16-19-28)33(39)40-23-8-2/h8,15-20,25H,2,7,9-14,21-24H2,1,3-6H3,(H,36,38). The van der Waals surface area contributed by atoms with Gasteiger partial charge in [0.25, 0.3) is 5.91 Å². The third kappa shape index (κ3) is 9.04. The van der Waals surface area contributed by atoms with Gasteiger partial charge in [0, 0.05) is 11.3 Å². The molecule has 0 radical (unpaired) electrons. The normalized spacial score (nSPS) is 15.5. The zero-order valence-electron chi connectivity index (χ0n) is 25.7. The Balaban J connectivity index is 1.79. The number of esters is 1. The van der Waals surface area contributed by atoms with Crippen LogP contribution in [-0.4, -0.2) is 30.8 Å². The summed E-state index contributed by atoms with van der Waals surface area (Å²) in [6.45, 7) is 15.5. The van der Waals surface area contributed by atoms with Crippen molar-refractivity contribution in [2.24, 2.45) is 5.16 Å². The summed E-state index contributed by atoms with van der Waals surface area (Å²) in [6.07, 6.45) is 11.9. The molecular weight excluding hydrogens is 512 g/mol. The van der Waals surface area contributed by atoms with E-state index in [0.29, 0.717) is 17.9 Å². The van der Waals surface area contributed by atoms with Crippen LogP contribution in [-0.2, 0) is 25.2 Å². The zero-order chi connectivity index (χ0) is 29.9. The third-order valence-electron chi connectivity index (χ3n) is 8.05. The minimum atomic E-state index is -0.441. The van der Waals surface area contributed by atoms with Gasteiger partial charge in [-0.2, -0.15) is 0 Å². The number of nitrogens with zero attached hydrogens (tertiary/aromatic N) is 1. The fourth-order valence-corrected chi connectivity index (χ4v) is 5.29. The summed E-state index contributed by atoms with van der Waals surface area (Å²) in [5.74, 6) is -0.803. The first-order valence-corrected chi connectivity index (χ1v) is 15.1. The Morgan fingerprint density at radius 1 is 0.878 bits per heavy atom. The minimum absolute atomic E-state index is 0.00286. The number of carbonyl (C=O) groups excluding carboxylic acids is 2. The average molecular weight is 561 g/mol. The second-order valence-corrected chi connectivity index (χ2v) is 12.3. The van der Waals surface area contributed by atoms with Crippen LogP contribution in [0.4, 0.5) is 5.69 Å². The highest BCUT2D eigenvalue weighted by Crippen LogP contribution is 2.46. The van der Waals surface area contributed by atoms with Crippen molar-refractivity contribution in [3.05, 3.63) is 77.4 Å². The summed E-state index contributed by atoms with van der Waals surface area (Å²) >= 11 is 0. The summed E-state index contributed by atoms with van der Waals surface area (Å²) in [5, 5.41) is 7.30. The smallest absolute Gasteiger partial charge is 0.338 e. The van der Waals surface area contributed by atoms with Crippen molar-refractivity contribution < 1.29 is 19.2 Å². The van der Waals surface area contributed by atoms with E-state index in [9.17, 15) is 9.59 Å². The van der Waals surface area contributed by atoms with Crippen LogP contribution < -0.4 is 5.32 Å². The van der Waals surface area contributed by atoms with Crippen molar-refractivity contribution in [3.63, 3.8) is 0 Å². The van der Waals surface area contributed by atoms with Crippen molar-refractivity contribution in [3.8, 4) is 0 Å². The highest BCUT2D eigenvalue weighted by molar-refractivity contribution is 6.48. The van der Waals surface area contributed by atoms with Crippen molar-refractivity contribution in [2.75, 3.05) is 18.5 Å². The lowest BCUT2D eigenvalue weighted by Crippen LogP contribution is -2.34. The molecule has 6 heteroatoms. The minimum Gasteiger partial charge on any atom is -0.458 e. The van der Waals surface area contributed by atoms with Crippen LogP contribution in [0.3, 0.4) is 0 Å². The van der Waals surface area contributed by atoms with Gasteiger partial charge in [-0.15, -0.1) is 0 Å². The first kappa shape index (κ1) is 32.1. The molecule has 0 fully saturated rings. The topological polar surface area (TPSA) is 77.0 Å². The van der Waals surface area contributed by atoms with Crippen LogP contribution in [0, 0.1) is 0 Å². The predicted molar refractivity (Wildman–Crippen MR) is 168 cm³/mol. The first-order chi connectivity index (χ1) is 19.6. The van der Waals surface area contributed by atoms with Gasteiger partial charge in [0.2, 0.25) is 0 Å². The van der Waals surface area contributed by atoms with Gasteiger partial charge in [-0.3, -0.25) is 4.79 Å². The Bertz CT molecular complexity index is 1210. The molecule has 41 heavy (non-hydrogen) atoms. The number of nitrogens with one attached hydrogen (secondary N) is 1. The van der Waals surface area contributed by atoms with Crippen molar-refractivity contribution >= 4 is 23.3 Å². The Morgan fingerprint density at radius 3 is 2.15 bits per heavy atom. The number of amides is 1. The fourth-order valence-electron chi connectivity index (χ4n) is 5.29. The zero-order valence-corrected chi connectivity index (χ0v) is 25.7. The molecule has 6 nitrogen and oxygen atoms in total. The highest BCUT2D eigenvalue weighted by atomic mass is 16.6. The predicted octanol–water partition coefficient (Wildman–Crippen LogP) is 8.49. The molecule has 0 aromatic heterocycles. The number of oxime groups is 1. The molecule has 1 aliphatic carbocycles. The number of fused-ring (bicyclic) bond motifs is 1. The van der Waals surface area contributed by atoms with E-state index in [0.717, 1.165) is 31.2 Å². The van der Waals surface area contributed by atoms with E-state index in [-0.39, 0.29) is 29.1 Å². The molecule has 0 atom stereocenters. The van der Waals surface area contributed by atoms with Crippen LogP contribution in [0.5, 0.6) is 0 Å². The number of ether oxygens (including phenoxy) is 1. The second kappa shape index (κ2) is 15.0. The van der Waals surface area contributed by atoms with Gasteiger partial charge in [-0.1, -0.05) is 96.7 Å². The Morgan fingerprint density at radius 2 is 1.49 bits per heavy atom. The maximum Gasteiger partial charge on any atom is 0.338 e. The van der Waals surface area contributed by atoms with Gasteiger partial charge in [0.15, 0.2) is 5.71 Å². The summed E-state index contributed by atoms with van der Waals surface area (Å²) in [6, 6.07) is 12.8. The van der Waals surface area contributed by atoms with Gasteiger partial charge in [-0.05, 0) is 78.0 Å². The molecule has 222 valence electrons. The molecule has 0 heterocycles. The number of anilines is 1. The van der Waals surface area contributed by atoms with E-state index in [4.69, 9.17) is 9.57 Å². The Labute approximate surface area is 246 Å². The van der Waals surface area contributed by atoms with Crippen molar-refractivity contribution in [2.45, 2.75) is 103 Å². The van der Waals surface area contributed by atoms with Crippen LogP contribution in [0.2, 0.25) is 0 Å². The Hall–Kier alpha value is -3.41. The van der Waals surface area contributed by atoms with Crippen LogP contribution in [0.15, 0.2) is 60.3 Å². The maximum atomic E-state index is 13.6. The second-order valence-electron chi connectivity index (χ2n) is 12.3. The molecule has 1 amide bonds. The van der Waals surface area contributed by atoms with Crippen molar-refractivity contribution in [1.82, 2.24) is 0 Å². The molecular formula is C35H48N2O4. The summed E-state index contributed by atoms with van der Waals surface area (Å²) in [5.41, 5.74) is 4.57. The first-order valence-electron chi connectivity index (χ1n) is 15.1. The molecule has 2 aromatic carbocycles. The maximum absolute atomic E-state index is 13.6. The van der Waals surface area contributed by atoms with E-state index < -0.39 is 5.97 Å². The molecule has 0 aliphatic heterocycles. The highest BCUT2D eigenvalue weighted by Gasteiger charge is 2.37. The molecule has 3 rings (SSSR count). The number of hydrogen-bond acceptors (Lipinski definition) is 5. The van der Waals surface area contributed by atoms with Gasteiger partial charge < -0.3 is 14.9 Å². The molecule has 0 saturated heterocycles. The lowest BCUT2D eigenvalue weighted by molar-refractivity contribution is -0.110. The summed E-state index contributed by atoms with van der Waals surface area (Å²) < 4.78 is 5.09. The average Bonchev–Trinajstić information content (AvgIpc) is 2.95. The lowest BCUT2D eigenvalue weighted by atomic mass is 9.63. The Kier molecular flexibility index (Phi) is 11.7. The SMILES string of the molecule is C=CCOC(=O)c1ccc(NC(=O)C(=NOCCCCCCCCC)c2ccc3c(c2)C(C)(C)CCC3(C)C)cc1. The molecule has 0 saturated carbocycles. The largest absolute Gasteiger partial charge is 0.458 e. The van der Waals surface area contributed by atoms with Crippen molar-refractivity contribution in [1.29, 1.82) is 0 Å². The van der Waals surface area contributed by atoms with E-state index in [1.807, 2.05) is 6.07 Å². The number of hydrogen-bond donors (Lipinski definition) is 1. The third-order valence-corrected chi connectivity index (χ3v) is 8.05. The summed E-state index contributed by atoms with van der Waals surface area (Å²) in [4.78, 5) is 31.4. The number of unbranched alkanes of at least 4 members (excludes halogenated alkanes) is 6. The van der Waals surface area contributed by atoms with Gasteiger partial charge in [-0.25, -0.2) is 4.79 Å². The molecule has 0 spiro atoms. The molecule has 0 unspecified atom stereocenters. The number of carbonyl (C=O) groups is 2. The van der Waals surface area contributed by atoms with E-state index >= 15 is 0 Å². The lowest BCUT2D eigenvalue weighted by Gasteiger charge is -2.42. The quantitative estimate of drug-likeness (QED) is 0.0779. The molecule has 1 N–H and O–H groups in total. The van der Waals surface area contributed by atoms with Gasteiger partial charge in [0.05, 0.1) is 5.56 Å². The number of benzene rings is 2. The number of rotatable bonds is 15. The van der Waals surface area contributed by atoms with Crippen LogP contribution >= 0.6 is 0 Å². The van der Waals surface area contributed by atoms with Crippen LogP contribution in [0.1, 0.15) is 119 Å². The van der Waals surface area contributed by atoms with E-state index in [1.54, 1.807) is 24.3 Å². The monoisotopic (exact) mass is 560 g/mol. The molecule has 0 bridgehead atoms. The molecule has 2 aromatic rings. The molecule has 1 aliphatic rings. The van der Waals surface area contributed by atoms with E-state index in [2.05, 4.69) is 63.8 Å².